The van der Waals surface area contributed by atoms with Crippen molar-refractivity contribution < 1.29 is 9.84 Å². The highest BCUT2D eigenvalue weighted by atomic mass is 16.5. The second kappa shape index (κ2) is 6.22. The molecule has 7 nitrogen and oxygen atoms in total. The van der Waals surface area contributed by atoms with E-state index in [1.165, 1.54) is 11.6 Å². The molecule has 1 N–H and O–H groups in total. The largest absolute Gasteiger partial charge is 0.485 e. The van der Waals surface area contributed by atoms with Gasteiger partial charge in [0.05, 0.1) is 34.6 Å². The summed E-state index contributed by atoms with van der Waals surface area (Å²) in [5.41, 5.74) is 3.62. The fourth-order valence-electron chi connectivity index (χ4n) is 4.12. The smallest absolute Gasteiger partial charge is 0.331 e. The molecule has 0 radical (unpaired) electrons. The number of aliphatic hydroxyl groups is 1. The molecule has 29 heavy (non-hydrogen) atoms. The predicted octanol–water partition coefficient (Wildman–Crippen LogP) is 2.08. The Balaban J connectivity index is 2.04. The highest BCUT2D eigenvalue weighted by Crippen LogP contribution is 2.40. The van der Waals surface area contributed by atoms with Crippen LogP contribution in [0.2, 0.25) is 0 Å². The summed E-state index contributed by atoms with van der Waals surface area (Å²) in [4.78, 5) is 25.8. The zero-order valence-corrected chi connectivity index (χ0v) is 16.0. The van der Waals surface area contributed by atoms with Crippen LogP contribution in [-0.4, -0.2) is 18.8 Å². The van der Waals surface area contributed by atoms with Gasteiger partial charge in [0.25, 0.3) is 5.56 Å². The zero-order valence-electron chi connectivity index (χ0n) is 16.0. The molecule has 1 aliphatic heterocycles. The summed E-state index contributed by atoms with van der Waals surface area (Å²) >= 11 is 0. The van der Waals surface area contributed by atoms with Crippen LogP contribution in [0.5, 0.6) is 5.75 Å². The molecule has 0 spiro atoms. The second-order valence-electron chi connectivity index (χ2n) is 7.17. The van der Waals surface area contributed by atoms with E-state index >= 15 is 0 Å². The molecule has 0 fully saturated rings. The molecule has 5 rings (SSSR count). The van der Waals surface area contributed by atoms with Crippen molar-refractivity contribution in [1.82, 2.24) is 13.7 Å². The Morgan fingerprint density at radius 3 is 2.52 bits per heavy atom. The Labute approximate surface area is 165 Å². The van der Waals surface area contributed by atoms with Crippen molar-refractivity contribution in [2.24, 2.45) is 14.1 Å². The Kier molecular flexibility index (Phi) is 3.75. The number of hydrogen-bond acceptors (Lipinski definition) is 4. The van der Waals surface area contributed by atoms with Crippen molar-refractivity contribution in [2.45, 2.75) is 13.2 Å². The minimum atomic E-state index is -0.384. The van der Waals surface area contributed by atoms with Gasteiger partial charge >= 0.3 is 5.69 Å². The van der Waals surface area contributed by atoms with Crippen molar-refractivity contribution >= 4 is 10.9 Å². The monoisotopic (exact) mass is 389 g/mol. The normalized spacial score (nSPS) is 12.5. The van der Waals surface area contributed by atoms with Crippen LogP contribution in [0, 0.1) is 0 Å². The SMILES string of the molecule is Cn1c(=O)c2c(-c3ccccc3)n3c(c2n(C)c1=O)COc1ccc(CO)cc1-3. The number of fused-ring (bicyclic) bond motifs is 5. The highest BCUT2D eigenvalue weighted by molar-refractivity contribution is 5.97. The van der Waals surface area contributed by atoms with E-state index in [2.05, 4.69) is 0 Å². The van der Waals surface area contributed by atoms with E-state index in [4.69, 9.17) is 4.74 Å². The van der Waals surface area contributed by atoms with Crippen molar-refractivity contribution in [3.8, 4) is 22.7 Å². The molecule has 0 saturated heterocycles. The van der Waals surface area contributed by atoms with Gasteiger partial charge in [-0.2, -0.15) is 0 Å². The number of hydrogen-bond donors (Lipinski definition) is 1. The fraction of sp³-hybridized carbons (Fsp3) is 0.182. The molecule has 146 valence electrons. The summed E-state index contributed by atoms with van der Waals surface area (Å²) in [5.74, 6) is 0.661. The van der Waals surface area contributed by atoms with E-state index in [0.717, 1.165) is 27.1 Å². The van der Waals surface area contributed by atoms with Gasteiger partial charge in [-0.1, -0.05) is 36.4 Å². The Morgan fingerprint density at radius 2 is 1.79 bits per heavy atom. The summed E-state index contributed by atoms with van der Waals surface area (Å²) in [5, 5.41) is 10.1. The lowest BCUT2D eigenvalue weighted by atomic mass is 10.1. The van der Waals surface area contributed by atoms with E-state index in [1.54, 1.807) is 7.05 Å². The Bertz CT molecular complexity index is 1390. The maximum Gasteiger partial charge on any atom is 0.331 e. The number of aryl methyl sites for hydroxylation is 1. The van der Waals surface area contributed by atoms with Crippen LogP contribution in [0.25, 0.3) is 27.8 Å². The van der Waals surface area contributed by atoms with Gasteiger partial charge in [-0.15, -0.1) is 0 Å². The molecular weight excluding hydrogens is 370 g/mol. The number of nitrogens with zero attached hydrogens (tertiary/aromatic N) is 3. The first-order valence-corrected chi connectivity index (χ1v) is 9.28. The molecule has 0 atom stereocenters. The first-order chi connectivity index (χ1) is 14.0. The molecule has 0 saturated carbocycles. The number of benzene rings is 2. The van der Waals surface area contributed by atoms with Gasteiger partial charge in [-0.25, -0.2) is 4.79 Å². The van der Waals surface area contributed by atoms with E-state index < -0.39 is 0 Å². The first kappa shape index (κ1) is 17.5. The first-order valence-electron chi connectivity index (χ1n) is 9.28. The van der Waals surface area contributed by atoms with Gasteiger partial charge in [-0.3, -0.25) is 13.9 Å². The molecule has 7 heteroatoms. The average Bonchev–Trinajstić information content (AvgIpc) is 3.12. The molecule has 1 aliphatic rings. The minimum absolute atomic E-state index is 0.107. The van der Waals surface area contributed by atoms with E-state index in [0.29, 0.717) is 22.3 Å². The molecule has 0 aliphatic carbocycles. The standard InChI is InChI=1S/C22H19N3O4/c1-23-20-16-12-29-17-9-8-13(11-26)10-15(17)25(16)19(14-6-4-3-5-7-14)18(20)21(27)24(2)22(23)28/h3-10,26H,11-12H2,1-2H3. The quantitative estimate of drug-likeness (QED) is 0.569. The third-order valence-electron chi connectivity index (χ3n) is 5.53. The molecule has 2 aromatic carbocycles. The Morgan fingerprint density at radius 1 is 1.03 bits per heavy atom. The zero-order chi connectivity index (χ0) is 20.3. The number of rotatable bonds is 2. The van der Waals surface area contributed by atoms with Crippen LogP contribution in [0.1, 0.15) is 11.3 Å². The lowest BCUT2D eigenvalue weighted by Crippen LogP contribution is -2.37. The molecule has 0 bridgehead atoms. The summed E-state index contributed by atoms with van der Waals surface area (Å²) < 4.78 is 10.6. The minimum Gasteiger partial charge on any atom is -0.485 e. The van der Waals surface area contributed by atoms with Gasteiger partial charge in [0.15, 0.2) is 0 Å². The molecular formula is C22H19N3O4. The molecule has 0 amide bonds. The van der Waals surface area contributed by atoms with Gasteiger partial charge in [-0.05, 0) is 23.3 Å². The third kappa shape index (κ3) is 2.34. The lowest BCUT2D eigenvalue weighted by molar-refractivity contribution is 0.277. The predicted molar refractivity (Wildman–Crippen MR) is 109 cm³/mol. The second-order valence-corrected chi connectivity index (χ2v) is 7.17. The van der Waals surface area contributed by atoms with Gasteiger partial charge in [0, 0.05) is 14.1 Å². The lowest BCUT2D eigenvalue weighted by Gasteiger charge is -2.23. The van der Waals surface area contributed by atoms with Gasteiger partial charge in [0.1, 0.15) is 12.4 Å². The van der Waals surface area contributed by atoms with Crippen LogP contribution >= 0.6 is 0 Å². The Hall–Kier alpha value is -3.58. The molecule has 3 heterocycles. The topological polar surface area (TPSA) is 78.4 Å². The molecule has 4 aromatic rings. The van der Waals surface area contributed by atoms with Crippen molar-refractivity contribution in [3.05, 3.63) is 80.6 Å². The number of aliphatic hydroxyl groups excluding tert-OH is 1. The maximum absolute atomic E-state index is 13.2. The average molecular weight is 389 g/mol. The summed E-state index contributed by atoms with van der Waals surface area (Å²) in [7, 11) is 3.16. The fourth-order valence-corrected chi connectivity index (χ4v) is 4.12. The van der Waals surface area contributed by atoms with Crippen LogP contribution in [0.15, 0.2) is 58.1 Å². The summed E-state index contributed by atoms with van der Waals surface area (Å²) in [6, 6.07) is 15.1. The van der Waals surface area contributed by atoms with Crippen LogP contribution in [-0.2, 0) is 27.3 Å². The highest BCUT2D eigenvalue weighted by Gasteiger charge is 2.29. The maximum atomic E-state index is 13.2. The third-order valence-corrected chi connectivity index (χ3v) is 5.53. The van der Waals surface area contributed by atoms with Crippen molar-refractivity contribution in [3.63, 3.8) is 0 Å². The van der Waals surface area contributed by atoms with Crippen LogP contribution < -0.4 is 16.0 Å². The summed E-state index contributed by atoms with van der Waals surface area (Å²) in [6.07, 6.45) is 0. The van der Waals surface area contributed by atoms with Crippen molar-refractivity contribution in [1.29, 1.82) is 0 Å². The number of ether oxygens (including phenoxy) is 1. The van der Waals surface area contributed by atoms with Crippen molar-refractivity contribution in [2.75, 3.05) is 0 Å². The van der Waals surface area contributed by atoms with Crippen LogP contribution in [0.3, 0.4) is 0 Å². The molecule has 2 aromatic heterocycles. The number of aromatic nitrogens is 3. The van der Waals surface area contributed by atoms with E-state index in [9.17, 15) is 14.7 Å². The van der Waals surface area contributed by atoms with Gasteiger partial charge < -0.3 is 14.4 Å². The summed E-state index contributed by atoms with van der Waals surface area (Å²) in [6.45, 7) is 0.125. The van der Waals surface area contributed by atoms with E-state index in [1.807, 2.05) is 53.1 Å². The van der Waals surface area contributed by atoms with Gasteiger partial charge in [0.2, 0.25) is 0 Å². The van der Waals surface area contributed by atoms with Crippen LogP contribution in [0.4, 0.5) is 0 Å². The molecule has 0 unspecified atom stereocenters. The van der Waals surface area contributed by atoms with E-state index in [-0.39, 0.29) is 24.5 Å².